The summed E-state index contributed by atoms with van der Waals surface area (Å²) in [4.78, 5) is 37.4. The van der Waals surface area contributed by atoms with Crippen LogP contribution in [0.25, 0.3) is 11.1 Å². The van der Waals surface area contributed by atoms with E-state index in [-0.39, 0.29) is 24.9 Å². The number of fused-ring (bicyclic) bond motifs is 3. The summed E-state index contributed by atoms with van der Waals surface area (Å²) >= 11 is 0. The van der Waals surface area contributed by atoms with Crippen LogP contribution >= 0.6 is 0 Å². The Morgan fingerprint density at radius 3 is 2.17 bits per heavy atom. The Hall–Kier alpha value is -3.35. The number of carboxylic acids is 1. The smallest absolute Gasteiger partial charge is 0.407 e. The number of benzene rings is 2. The minimum absolute atomic E-state index is 0.0623. The van der Waals surface area contributed by atoms with Crippen LogP contribution in [0.4, 0.5) is 4.79 Å². The number of amides is 2. The van der Waals surface area contributed by atoms with E-state index in [0.717, 1.165) is 41.5 Å². The zero-order valence-electron chi connectivity index (χ0n) is 20.2. The highest BCUT2D eigenvalue weighted by Gasteiger charge is 2.38. The van der Waals surface area contributed by atoms with E-state index < -0.39 is 23.6 Å². The first-order valence-corrected chi connectivity index (χ1v) is 12.6. The molecule has 2 amide bonds. The van der Waals surface area contributed by atoms with E-state index in [0.29, 0.717) is 25.7 Å². The van der Waals surface area contributed by atoms with Crippen molar-refractivity contribution in [2.75, 3.05) is 6.61 Å². The molecule has 2 aliphatic rings. The van der Waals surface area contributed by atoms with Crippen molar-refractivity contribution in [1.29, 1.82) is 0 Å². The molecule has 1 unspecified atom stereocenters. The summed E-state index contributed by atoms with van der Waals surface area (Å²) in [6.45, 7) is 2.11. The molecule has 1 fully saturated rings. The summed E-state index contributed by atoms with van der Waals surface area (Å²) in [7, 11) is 0. The zero-order chi connectivity index (χ0) is 24.8. The maximum absolute atomic E-state index is 13.1. The van der Waals surface area contributed by atoms with Crippen molar-refractivity contribution in [3.63, 3.8) is 0 Å². The molecule has 0 saturated heterocycles. The van der Waals surface area contributed by atoms with E-state index in [1.807, 2.05) is 31.2 Å². The predicted molar refractivity (Wildman–Crippen MR) is 133 cm³/mol. The molecule has 0 spiro atoms. The number of carboxylic acid groups (broad SMARTS) is 1. The number of hydrogen-bond acceptors (Lipinski definition) is 4. The van der Waals surface area contributed by atoms with Crippen molar-refractivity contribution >= 4 is 18.0 Å². The third-order valence-electron chi connectivity index (χ3n) is 7.22. The molecule has 1 saturated carbocycles. The Kier molecular flexibility index (Phi) is 7.73. The van der Waals surface area contributed by atoms with Crippen LogP contribution in [0.2, 0.25) is 0 Å². The number of aliphatic carboxylic acids is 1. The molecule has 2 aromatic carbocycles. The summed E-state index contributed by atoms with van der Waals surface area (Å²) < 4.78 is 5.62. The fourth-order valence-electron chi connectivity index (χ4n) is 5.55. The Bertz CT molecular complexity index is 1030. The minimum atomic E-state index is -0.927. The lowest BCUT2D eigenvalue weighted by Crippen LogP contribution is -2.57. The number of rotatable bonds is 9. The van der Waals surface area contributed by atoms with Crippen LogP contribution in [0.3, 0.4) is 0 Å². The van der Waals surface area contributed by atoms with Crippen LogP contribution in [-0.2, 0) is 14.3 Å². The highest BCUT2D eigenvalue weighted by atomic mass is 16.5. The average Bonchev–Trinajstić information content (AvgIpc) is 3.16. The van der Waals surface area contributed by atoms with E-state index in [1.165, 1.54) is 0 Å². The number of carbonyl (C=O) groups excluding carboxylic acids is 2. The van der Waals surface area contributed by atoms with Crippen molar-refractivity contribution < 1.29 is 24.2 Å². The van der Waals surface area contributed by atoms with Crippen molar-refractivity contribution in [2.45, 2.75) is 75.8 Å². The summed E-state index contributed by atoms with van der Waals surface area (Å²) in [5.41, 5.74) is 3.79. The van der Waals surface area contributed by atoms with Gasteiger partial charge in [-0.2, -0.15) is 0 Å². The first-order chi connectivity index (χ1) is 16.9. The van der Waals surface area contributed by atoms with Gasteiger partial charge in [0, 0.05) is 5.92 Å². The van der Waals surface area contributed by atoms with Gasteiger partial charge in [0.05, 0.1) is 12.0 Å². The lowest BCUT2D eigenvalue weighted by Gasteiger charge is -2.38. The average molecular weight is 479 g/mol. The Balaban J connectivity index is 1.40. The third-order valence-corrected chi connectivity index (χ3v) is 7.22. The first-order valence-electron chi connectivity index (χ1n) is 12.6. The molecule has 35 heavy (non-hydrogen) atoms. The van der Waals surface area contributed by atoms with Crippen molar-refractivity contribution in [3.8, 4) is 11.1 Å². The van der Waals surface area contributed by atoms with Gasteiger partial charge in [0.2, 0.25) is 5.91 Å². The maximum Gasteiger partial charge on any atom is 0.407 e. The van der Waals surface area contributed by atoms with E-state index in [1.54, 1.807) is 0 Å². The lowest BCUT2D eigenvalue weighted by atomic mass is 9.79. The highest BCUT2D eigenvalue weighted by Crippen LogP contribution is 2.44. The zero-order valence-corrected chi connectivity index (χ0v) is 20.2. The van der Waals surface area contributed by atoms with Crippen LogP contribution in [-0.4, -0.2) is 41.3 Å². The van der Waals surface area contributed by atoms with E-state index >= 15 is 0 Å². The van der Waals surface area contributed by atoms with Gasteiger partial charge in [-0.05, 0) is 41.5 Å². The number of alkyl carbamates (subject to hydrolysis) is 1. The highest BCUT2D eigenvalue weighted by molar-refractivity contribution is 5.87. The van der Waals surface area contributed by atoms with Crippen LogP contribution < -0.4 is 10.6 Å². The molecule has 1 atom stereocenters. The van der Waals surface area contributed by atoms with Crippen molar-refractivity contribution in [1.82, 2.24) is 10.6 Å². The van der Waals surface area contributed by atoms with Gasteiger partial charge in [-0.25, -0.2) is 4.79 Å². The summed E-state index contributed by atoms with van der Waals surface area (Å²) in [5.74, 6) is -1.33. The number of carbonyl (C=O) groups is 3. The standard InChI is InChI=1S/C28H34N2O5/c1-2-10-24(26(33)30-28(17-25(31)32)15-8-3-9-16-28)29-27(34)35-18-23-21-13-6-4-11-19(21)20-12-5-7-14-22(20)23/h4-7,11-14,23-24H,2-3,8-10,15-18H2,1H3,(H,29,34)(H,30,33)(H,31,32). The van der Waals surface area contributed by atoms with Gasteiger partial charge in [-0.15, -0.1) is 0 Å². The molecular weight excluding hydrogens is 444 g/mol. The molecule has 186 valence electrons. The van der Waals surface area contributed by atoms with Crippen molar-refractivity contribution in [2.24, 2.45) is 0 Å². The summed E-state index contributed by atoms with van der Waals surface area (Å²) in [5, 5.41) is 15.1. The summed E-state index contributed by atoms with van der Waals surface area (Å²) in [6.07, 6.45) is 4.45. The summed E-state index contributed by atoms with van der Waals surface area (Å²) in [6, 6.07) is 15.5. The van der Waals surface area contributed by atoms with Gasteiger partial charge in [-0.1, -0.05) is 81.1 Å². The monoisotopic (exact) mass is 478 g/mol. The van der Waals surface area contributed by atoms with Crippen molar-refractivity contribution in [3.05, 3.63) is 59.7 Å². The van der Waals surface area contributed by atoms with Gasteiger partial charge < -0.3 is 20.5 Å². The SMILES string of the molecule is CCCC(NC(=O)OCC1c2ccccc2-c2ccccc21)C(=O)NC1(CC(=O)O)CCCCC1. The molecule has 0 aliphatic heterocycles. The van der Waals surface area contributed by atoms with Gasteiger partial charge in [0.25, 0.3) is 0 Å². The molecule has 3 N–H and O–H groups in total. The fourth-order valence-corrected chi connectivity index (χ4v) is 5.55. The molecule has 7 heteroatoms. The second-order valence-electron chi connectivity index (χ2n) is 9.71. The molecule has 0 aromatic heterocycles. The topological polar surface area (TPSA) is 105 Å². The van der Waals surface area contributed by atoms with Crippen LogP contribution in [0.5, 0.6) is 0 Å². The molecule has 4 rings (SSSR count). The largest absolute Gasteiger partial charge is 0.481 e. The predicted octanol–water partition coefficient (Wildman–Crippen LogP) is 4.99. The van der Waals surface area contributed by atoms with Gasteiger partial charge >= 0.3 is 12.1 Å². The minimum Gasteiger partial charge on any atom is -0.481 e. The van der Waals surface area contributed by atoms with Gasteiger partial charge in [-0.3, -0.25) is 9.59 Å². The number of nitrogens with one attached hydrogen (secondary N) is 2. The number of ether oxygens (including phenoxy) is 1. The van der Waals surface area contributed by atoms with E-state index in [9.17, 15) is 19.5 Å². The molecular formula is C28H34N2O5. The van der Waals surface area contributed by atoms with E-state index in [4.69, 9.17) is 4.74 Å². The second kappa shape index (κ2) is 10.9. The van der Waals surface area contributed by atoms with Gasteiger partial charge in [0.15, 0.2) is 0 Å². The van der Waals surface area contributed by atoms with Crippen LogP contribution in [0, 0.1) is 0 Å². The normalized spacial score (nSPS) is 17.1. The van der Waals surface area contributed by atoms with Crippen LogP contribution in [0.1, 0.15) is 75.3 Å². The molecule has 2 aliphatic carbocycles. The molecule has 0 bridgehead atoms. The fraction of sp³-hybridized carbons (Fsp3) is 0.464. The van der Waals surface area contributed by atoms with Crippen LogP contribution in [0.15, 0.2) is 48.5 Å². The number of hydrogen-bond donors (Lipinski definition) is 3. The molecule has 7 nitrogen and oxygen atoms in total. The molecule has 0 radical (unpaired) electrons. The Morgan fingerprint density at radius 1 is 1.00 bits per heavy atom. The van der Waals surface area contributed by atoms with E-state index in [2.05, 4.69) is 34.9 Å². The maximum atomic E-state index is 13.1. The van der Waals surface area contributed by atoms with Gasteiger partial charge in [0.1, 0.15) is 12.6 Å². The third kappa shape index (κ3) is 5.66. The second-order valence-corrected chi connectivity index (χ2v) is 9.71. The Labute approximate surface area is 206 Å². The Morgan fingerprint density at radius 2 is 1.60 bits per heavy atom. The molecule has 0 heterocycles. The molecule has 2 aromatic rings. The lowest BCUT2D eigenvalue weighted by molar-refractivity contribution is -0.139. The quantitative estimate of drug-likeness (QED) is 0.471. The first kappa shape index (κ1) is 24.8.